The van der Waals surface area contributed by atoms with E-state index in [0.717, 1.165) is 17.1 Å². The molecule has 0 saturated carbocycles. The van der Waals surface area contributed by atoms with Crippen LogP contribution in [-0.2, 0) is 13.7 Å². The molecular formula is C13H16ClN3O. The number of hydrogen-bond donors (Lipinski definition) is 1. The molecule has 0 amide bonds. The standard InChI is InChI=1S/C13H16ClN3O/c1-9(15)11-7-10(14)3-4-12(11)18-8-13-16-5-6-17(13)2/h3-7,9H,8,15H2,1-2H3/t9-/m0/s1. The molecular weight excluding hydrogens is 250 g/mol. The average Bonchev–Trinajstić information content (AvgIpc) is 2.73. The van der Waals surface area contributed by atoms with Gasteiger partial charge in [-0.25, -0.2) is 4.98 Å². The molecule has 0 aliphatic rings. The maximum atomic E-state index is 5.96. The minimum Gasteiger partial charge on any atom is -0.485 e. The molecule has 0 radical (unpaired) electrons. The van der Waals surface area contributed by atoms with Crippen LogP contribution in [-0.4, -0.2) is 9.55 Å². The molecule has 0 aliphatic carbocycles. The smallest absolute Gasteiger partial charge is 0.146 e. The molecule has 0 fully saturated rings. The van der Waals surface area contributed by atoms with Gasteiger partial charge in [-0.3, -0.25) is 0 Å². The molecule has 1 heterocycles. The molecule has 2 N–H and O–H groups in total. The Kier molecular flexibility index (Phi) is 3.89. The van der Waals surface area contributed by atoms with Gasteiger partial charge in [0.05, 0.1) is 0 Å². The number of imidazole rings is 1. The first-order valence-electron chi connectivity index (χ1n) is 5.72. The van der Waals surface area contributed by atoms with E-state index in [2.05, 4.69) is 4.98 Å². The molecule has 18 heavy (non-hydrogen) atoms. The normalized spacial score (nSPS) is 12.4. The van der Waals surface area contributed by atoms with Crippen LogP contribution in [0, 0.1) is 0 Å². The molecule has 0 unspecified atom stereocenters. The summed E-state index contributed by atoms with van der Waals surface area (Å²) in [6.45, 7) is 2.31. The Labute approximate surface area is 111 Å². The SMILES string of the molecule is C[C@H](N)c1cc(Cl)ccc1OCc1nccn1C. The van der Waals surface area contributed by atoms with Gasteiger partial charge in [0.15, 0.2) is 0 Å². The highest BCUT2D eigenvalue weighted by Crippen LogP contribution is 2.27. The second-order valence-corrected chi connectivity index (χ2v) is 4.65. The van der Waals surface area contributed by atoms with Crippen LogP contribution in [0.2, 0.25) is 5.02 Å². The van der Waals surface area contributed by atoms with Crippen molar-refractivity contribution in [3.8, 4) is 5.75 Å². The van der Waals surface area contributed by atoms with E-state index < -0.39 is 0 Å². The zero-order valence-corrected chi connectivity index (χ0v) is 11.2. The predicted octanol–water partition coefficient (Wildman–Crippen LogP) is 2.67. The van der Waals surface area contributed by atoms with Crippen LogP contribution in [0.4, 0.5) is 0 Å². The number of rotatable bonds is 4. The van der Waals surface area contributed by atoms with Crippen LogP contribution < -0.4 is 10.5 Å². The van der Waals surface area contributed by atoms with Crippen LogP contribution in [0.15, 0.2) is 30.6 Å². The van der Waals surface area contributed by atoms with Crippen LogP contribution in [0.3, 0.4) is 0 Å². The third-order valence-electron chi connectivity index (χ3n) is 2.74. The summed E-state index contributed by atoms with van der Waals surface area (Å²) in [5, 5.41) is 0.659. The summed E-state index contributed by atoms with van der Waals surface area (Å²) in [5.41, 5.74) is 6.80. The molecule has 2 aromatic rings. The number of nitrogens with zero attached hydrogens (tertiary/aromatic N) is 2. The second-order valence-electron chi connectivity index (χ2n) is 4.21. The van der Waals surface area contributed by atoms with Crippen LogP contribution in [0.25, 0.3) is 0 Å². The molecule has 0 bridgehead atoms. The van der Waals surface area contributed by atoms with Gasteiger partial charge in [0, 0.05) is 36.1 Å². The van der Waals surface area contributed by atoms with E-state index in [9.17, 15) is 0 Å². The Hall–Kier alpha value is -1.52. The van der Waals surface area contributed by atoms with Gasteiger partial charge >= 0.3 is 0 Å². The number of benzene rings is 1. The summed E-state index contributed by atoms with van der Waals surface area (Å²) >= 11 is 5.96. The minimum absolute atomic E-state index is 0.125. The molecule has 1 aromatic carbocycles. The molecule has 96 valence electrons. The molecule has 5 heteroatoms. The zero-order valence-electron chi connectivity index (χ0n) is 10.4. The number of nitrogens with two attached hydrogens (primary N) is 1. The lowest BCUT2D eigenvalue weighted by Gasteiger charge is -2.14. The van der Waals surface area contributed by atoms with Gasteiger partial charge in [-0.1, -0.05) is 11.6 Å². The largest absolute Gasteiger partial charge is 0.485 e. The molecule has 0 aliphatic heterocycles. The Morgan fingerprint density at radius 3 is 2.89 bits per heavy atom. The minimum atomic E-state index is -0.125. The zero-order chi connectivity index (χ0) is 13.1. The first kappa shape index (κ1) is 12.9. The summed E-state index contributed by atoms with van der Waals surface area (Å²) in [7, 11) is 1.93. The lowest BCUT2D eigenvalue weighted by molar-refractivity contribution is 0.287. The Balaban J connectivity index is 2.16. The first-order chi connectivity index (χ1) is 8.58. The Morgan fingerprint density at radius 2 is 2.28 bits per heavy atom. The van der Waals surface area contributed by atoms with Crippen molar-refractivity contribution in [2.24, 2.45) is 12.8 Å². The molecule has 1 aromatic heterocycles. The van der Waals surface area contributed by atoms with Gasteiger partial charge in [-0.05, 0) is 25.1 Å². The molecule has 1 atom stereocenters. The third-order valence-corrected chi connectivity index (χ3v) is 2.98. The Morgan fingerprint density at radius 1 is 1.50 bits per heavy atom. The number of aryl methyl sites for hydroxylation is 1. The van der Waals surface area contributed by atoms with Crippen molar-refractivity contribution in [1.82, 2.24) is 9.55 Å². The summed E-state index contributed by atoms with van der Waals surface area (Å²) in [6.07, 6.45) is 3.63. The van der Waals surface area contributed by atoms with E-state index in [-0.39, 0.29) is 6.04 Å². The number of hydrogen-bond acceptors (Lipinski definition) is 3. The number of halogens is 1. The van der Waals surface area contributed by atoms with Crippen molar-refractivity contribution in [1.29, 1.82) is 0 Å². The quantitative estimate of drug-likeness (QED) is 0.925. The summed E-state index contributed by atoms with van der Waals surface area (Å²) in [6, 6.07) is 5.34. The van der Waals surface area contributed by atoms with Gasteiger partial charge in [0.1, 0.15) is 18.2 Å². The molecule has 2 rings (SSSR count). The predicted molar refractivity (Wildman–Crippen MR) is 71.6 cm³/mol. The Bertz CT molecular complexity index is 537. The summed E-state index contributed by atoms with van der Waals surface area (Å²) < 4.78 is 7.67. The van der Waals surface area contributed by atoms with Gasteiger partial charge in [0.2, 0.25) is 0 Å². The van der Waals surface area contributed by atoms with E-state index in [1.807, 2.05) is 36.9 Å². The van der Waals surface area contributed by atoms with Crippen molar-refractivity contribution in [3.63, 3.8) is 0 Å². The monoisotopic (exact) mass is 265 g/mol. The van der Waals surface area contributed by atoms with E-state index in [0.29, 0.717) is 11.6 Å². The second kappa shape index (κ2) is 5.42. The maximum absolute atomic E-state index is 5.96. The van der Waals surface area contributed by atoms with E-state index in [1.165, 1.54) is 0 Å². The number of aromatic nitrogens is 2. The van der Waals surface area contributed by atoms with Gasteiger partial charge in [-0.2, -0.15) is 0 Å². The van der Waals surface area contributed by atoms with E-state index >= 15 is 0 Å². The number of ether oxygens (including phenoxy) is 1. The molecule has 4 nitrogen and oxygen atoms in total. The van der Waals surface area contributed by atoms with Crippen LogP contribution in [0.1, 0.15) is 24.4 Å². The highest BCUT2D eigenvalue weighted by atomic mass is 35.5. The van der Waals surface area contributed by atoms with Gasteiger partial charge < -0.3 is 15.0 Å². The highest BCUT2D eigenvalue weighted by molar-refractivity contribution is 6.30. The lowest BCUT2D eigenvalue weighted by atomic mass is 10.1. The van der Waals surface area contributed by atoms with Crippen molar-refractivity contribution >= 4 is 11.6 Å². The van der Waals surface area contributed by atoms with E-state index in [1.54, 1.807) is 12.3 Å². The summed E-state index contributed by atoms with van der Waals surface area (Å²) in [5.74, 6) is 1.61. The maximum Gasteiger partial charge on any atom is 0.146 e. The van der Waals surface area contributed by atoms with Crippen LogP contribution >= 0.6 is 11.6 Å². The van der Waals surface area contributed by atoms with Crippen molar-refractivity contribution < 1.29 is 4.74 Å². The fourth-order valence-electron chi connectivity index (χ4n) is 1.68. The fraction of sp³-hybridized carbons (Fsp3) is 0.308. The summed E-state index contributed by atoms with van der Waals surface area (Å²) in [4.78, 5) is 4.20. The molecule has 0 saturated heterocycles. The lowest BCUT2D eigenvalue weighted by Crippen LogP contribution is -2.09. The fourth-order valence-corrected chi connectivity index (χ4v) is 1.87. The van der Waals surface area contributed by atoms with Crippen molar-refractivity contribution in [2.75, 3.05) is 0 Å². The van der Waals surface area contributed by atoms with Gasteiger partial charge in [-0.15, -0.1) is 0 Å². The van der Waals surface area contributed by atoms with Crippen molar-refractivity contribution in [3.05, 3.63) is 47.0 Å². The topological polar surface area (TPSA) is 53.1 Å². The van der Waals surface area contributed by atoms with E-state index in [4.69, 9.17) is 22.1 Å². The molecule has 0 spiro atoms. The first-order valence-corrected chi connectivity index (χ1v) is 6.09. The third kappa shape index (κ3) is 2.83. The average molecular weight is 266 g/mol. The van der Waals surface area contributed by atoms with Crippen molar-refractivity contribution in [2.45, 2.75) is 19.6 Å². The highest BCUT2D eigenvalue weighted by Gasteiger charge is 2.10. The van der Waals surface area contributed by atoms with Crippen LogP contribution in [0.5, 0.6) is 5.75 Å². The van der Waals surface area contributed by atoms with Gasteiger partial charge in [0.25, 0.3) is 0 Å².